The summed E-state index contributed by atoms with van der Waals surface area (Å²) in [5.41, 5.74) is 1.05. The molecule has 0 fully saturated rings. The minimum absolute atomic E-state index is 0.480. The van der Waals surface area contributed by atoms with Crippen molar-refractivity contribution in [3.05, 3.63) is 12.1 Å². The fraction of sp³-hybridized carbons (Fsp3) is 0.818. The molecule has 0 heterocycles. The summed E-state index contributed by atoms with van der Waals surface area (Å²) < 4.78 is 14.4. The monoisotopic (exact) mass is 171 g/mol. The van der Waals surface area contributed by atoms with E-state index in [-0.39, 0.29) is 0 Å². The SMILES string of the molecule is [2H]C=C(C)CNCC(C[2H])CCCC. The summed E-state index contributed by atoms with van der Waals surface area (Å²) in [7, 11) is 0. The van der Waals surface area contributed by atoms with Gasteiger partial charge >= 0.3 is 0 Å². The first-order valence-corrected chi connectivity index (χ1v) is 4.78. The third-order valence-electron chi connectivity index (χ3n) is 1.80. The van der Waals surface area contributed by atoms with Crippen LogP contribution in [-0.4, -0.2) is 13.1 Å². The molecule has 0 aromatic rings. The van der Waals surface area contributed by atoms with Crippen molar-refractivity contribution in [2.75, 3.05) is 13.1 Å². The van der Waals surface area contributed by atoms with Gasteiger partial charge in [-0.25, -0.2) is 0 Å². The van der Waals surface area contributed by atoms with E-state index in [4.69, 9.17) is 2.74 Å². The maximum Gasteiger partial charge on any atom is 0.0538 e. The Labute approximate surface area is 80.1 Å². The van der Waals surface area contributed by atoms with Crippen LogP contribution in [0.1, 0.15) is 42.8 Å². The van der Waals surface area contributed by atoms with Crippen LogP contribution >= 0.6 is 0 Å². The molecule has 12 heavy (non-hydrogen) atoms. The van der Waals surface area contributed by atoms with Gasteiger partial charge in [0.25, 0.3) is 0 Å². The van der Waals surface area contributed by atoms with Gasteiger partial charge in [-0.05, 0) is 25.8 Å². The molecule has 1 unspecified atom stereocenters. The molecule has 0 spiro atoms. The van der Waals surface area contributed by atoms with E-state index in [2.05, 4.69) is 12.2 Å². The minimum Gasteiger partial charge on any atom is -0.313 e. The van der Waals surface area contributed by atoms with Crippen LogP contribution in [0.4, 0.5) is 0 Å². The fourth-order valence-corrected chi connectivity index (χ4v) is 1.07. The smallest absolute Gasteiger partial charge is 0.0538 e. The van der Waals surface area contributed by atoms with E-state index in [0.29, 0.717) is 12.8 Å². The van der Waals surface area contributed by atoms with Crippen molar-refractivity contribution >= 4 is 0 Å². The minimum atomic E-state index is 0.480. The molecule has 0 aliphatic carbocycles. The van der Waals surface area contributed by atoms with Crippen LogP contribution in [0.25, 0.3) is 0 Å². The van der Waals surface area contributed by atoms with Crippen LogP contribution in [-0.2, 0) is 0 Å². The summed E-state index contributed by atoms with van der Waals surface area (Å²) in [4.78, 5) is 0. The van der Waals surface area contributed by atoms with Gasteiger partial charge < -0.3 is 5.32 Å². The Morgan fingerprint density at radius 1 is 1.75 bits per heavy atom. The first kappa shape index (κ1) is 8.31. The lowest BCUT2D eigenvalue weighted by molar-refractivity contribution is 0.473. The van der Waals surface area contributed by atoms with Crippen LogP contribution in [0.5, 0.6) is 0 Å². The average Bonchev–Trinajstić information content (AvgIpc) is 2.22. The van der Waals surface area contributed by atoms with Crippen molar-refractivity contribution in [3.63, 3.8) is 0 Å². The molecule has 72 valence electrons. The van der Waals surface area contributed by atoms with Gasteiger partial charge in [-0.2, -0.15) is 0 Å². The molecule has 0 saturated carbocycles. The Morgan fingerprint density at radius 2 is 2.58 bits per heavy atom. The van der Waals surface area contributed by atoms with Crippen LogP contribution in [0.3, 0.4) is 0 Å². The predicted molar refractivity (Wildman–Crippen MR) is 56.4 cm³/mol. The number of unbranched alkanes of at least 4 members (excludes halogenated alkanes) is 1. The second-order valence-electron chi connectivity index (χ2n) is 3.49. The Balaban J connectivity index is 3.52. The normalized spacial score (nSPS) is 17.0. The Morgan fingerprint density at radius 3 is 3.17 bits per heavy atom. The Hall–Kier alpha value is -0.300. The van der Waals surface area contributed by atoms with Crippen LogP contribution in [0.2, 0.25) is 0 Å². The van der Waals surface area contributed by atoms with Crippen molar-refractivity contribution in [3.8, 4) is 0 Å². The molecule has 0 aromatic heterocycles. The maximum atomic E-state index is 7.38. The van der Waals surface area contributed by atoms with Crippen molar-refractivity contribution < 1.29 is 2.74 Å². The zero-order chi connectivity index (χ0) is 10.8. The zero-order valence-electron chi connectivity index (χ0n) is 10.4. The zero-order valence-corrected chi connectivity index (χ0v) is 8.40. The molecule has 1 atom stereocenters. The summed E-state index contributed by atoms with van der Waals surface area (Å²) in [6, 6.07) is 0. The van der Waals surface area contributed by atoms with E-state index < -0.39 is 0 Å². The molecule has 0 radical (unpaired) electrons. The maximum absolute atomic E-state index is 7.38. The number of hydrogen-bond donors (Lipinski definition) is 1. The summed E-state index contributed by atoms with van der Waals surface area (Å²) in [5.74, 6) is 0.480. The Kier molecular flexibility index (Phi) is 5.09. The lowest BCUT2D eigenvalue weighted by atomic mass is 10.0. The van der Waals surface area contributed by atoms with E-state index in [1.165, 1.54) is 19.4 Å². The summed E-state index contributed by atoms with van der Waals surface area (Å²) in [6.45, 7) is 7.72. The van der Waals surface area contributed by atoms with E-state index >= 15 is 0 Å². The quantitative estimate of drug-likeness (QED) is 0.581. The average molecular weight is 171 g/mol. The van der Waals surface area contributed by atoms with Crippen LogP contribution < -0.4 is 5.32 Å². The van der Waals surface area contributed by atoms with Gasteiger partial charge in [-0.3, -0.25) is 0 Å². The van der Waals surface area contributed by atoms with Gasteiger partial charge in [-0.1, -0.05) is 38.8 Å². The topological polar surface area (TPSA) is 12.0 Å². The molecule has 0 aromatic carbocycles. The highest BCUT2D eigenvalue weighted by Crippen LogP contribution is 2.05. The first-order valence-electron chi connectivity index (χ1n) is 6.07. The summed E-state index contributed by atoms with van der Waals surface area (Å²) in [5, 5.41) is 3.29. The summed E-state index contributed by atoms with van der Waals surface area (Å²) >= 11 is 0. The van der Waals surface area contributed by atoms with E-state index in [9.17, 15) is 0 Å². The van der Waals surface area contributed by atoms with Gasteiger partial charge in [0, 0.05) is 7.92 Å². The molecule has 0 rings (SSSR count). The van der Waals surface area contributed by atoms with E-state index in [0.717, 1.165) is 25.1 Å². The lowest BCUT2D eigenvalue weighted by Crippen LogP contribution is -2.22. The summed E-state index contributed by atoms with van der Waals surface area (Å²) in [6.07, 6.45) is 3.58. The molecular weight excluding hydrogens is 146 g/mol. The highest BCUT2D eigenvalue weighted by Gasteiger charge is 1.99. The predicted octanol–water partition coefficient (Wildman–Crippen LogP) is 2.98. The third-order valence-corrected chi connectivity index (χ3v) is 1.80. The molecule has 0 aliphatic heterocycles. The highest BCUT2D eigenvalue weighted by atomic mass is 14.8. The third kappa shape index (κ3) is 7.80. The van der Waals surface area contributed by atoms with Gasteiger partial charge in [0.15, 0.2) is 0 Å². The van der Waals surface area contributed by atoms with Crippen molar-refractivity contribution in [2.24, 2.45) is 5.92 Å². The van der Waals surface area contributed by atoms with Gasteiger partial charge in [-0.15, -0.1) is 0 Å². The van der Waals surface area contributed by atoms with Gasteiger partial charge in [0.1, 0.15) is 0 Å². The molecule has 0 saturated heterocycles. The number of nitrogens with one attached hydrogen (secondary N) is 1. The molecular formula is C11H23N. The number of hydrogen-bond acceptors (Lipinski definition) is 1. The molecule has 0 amide bonds. The van der Waals surface area contributed by atoms with Crippen molar-refractivity contribution in [2.45, 2.75) is 40.0 Å². The van der Waals surface area contributed by atoms with Crippen molar-refractivity contribution in [1.82, 2.24) is 5.32 Å². The lowest BCUT2D eigenvalue weighted by Gasteiger charge is -2.11. The second-order valence-corrected chi connectivity index (χ2v) is 3.49. The number of rotatable bonds is 7. The van der Waals surface area contributed by atoms with E-state index in [1.807, 2.05) is 6.92 Å². The fourth-order valence-electron chi connectivity index (χ4n) is 1.07. The molecule has 0 aliphatic rings. The largest absolute Gasteiger partial charge is 0.313 e. The first-order chi connectivity index (χ1) is 6.74. The van der Waals surface area contributed by atoms with E-state index in [1.54, 1.807) is 0 Å². The second kappa shape index (κ2) is 7.35. The van der Waals surface area contributed by atoms with Crippen LogP contribution in [0.15, 0.2) is 12.1 Å². The standard InChI is InChI=1S/C11H23N/c1-5-6-7-11(4)9-12-8-10(2)3/h11-12H,2,5-9H2,1,3-4H3/i2D,4D. The van der Waals surface area contributed by atoms with Crippen molar-refractivity contribution in [1.29, 1.82) is 0 Å². The highest BCUT2D eigenvalue weighted by molar-refractivity contribution is 4.90. The molecule has 1 nitrogen and oxygen atoms in total. The molecule has 1 heteroatoms. The van der Waals surface area contributed by atoms with Gasteiger partial charge in [0.2, 0.25) is 0 Å². The molecule has 0 bridgehead atoms. The Bertz CT molecular complexity index is 157. The van der Waals surface area contributed by atoms with Crippen LogP contribution in [0, 0.1) is 5.92 Å². The van der Waals surface area contributed by atoms with Gasteiger partial charge in [0.05, 0.1) is 1.37 Å². The molecule has 1 N–H and O–H groups in total.